The van der Waals surface area contributed by atoms with Gasteiger partial charge < -0.3 is 14.4 Å². The average Bonchev–Trinajstić information content (AvgIpc) is 2.73. The Bertz CT molecular complexity index is 815. The zero-order valence-electron chi connectivity index (χ0n) is 14.3. The zero-order valence-corrected chi connectivity index (χ0v) is 14.3. The SMILES string of the molecule is Cc1c(C(=O)O)cc(-c2cc(F)ccc2C(=O)OC(C)(C)C)n1C. The van der Waals surface area contributed by atoms with Gasteiger partial charge in [-0.25, -0.2) is 14.0 Å². The number of carbonyl (C=O) groups is 2. The Morgan fingerprint density at radius 2 is 1.79 bits per heavy atom. The number of benzene rings is 1. The number of ether oxygens (including phenoxy) is 1. The molecule has 1 N–H and O–H groups in total. The Morgan fingerprint density at radius 1 is 1.17 bits per heavy atom. The highest BCUT2D eigenvalue weighted by molar-refractivity contribution is 5.98. The fourth-order valence-electron chi connectivity index (χ4n) is 2.41. The molecule has 6 heteroatoms. The third-order valence-corrected chi connectivity index (χ3v) is 3.64. The smallest absolute Gasteiger partial charge is 0.339 e. The molecule has 0 saturated heterocycles. The van der Waals surface area contributed by atoms with Crippen LogP contribution in [0.25, 0.3) is 11.3 Å². The number of hydrogen-bond acceptors (Lipinski definition) is 3. The Kier molecular flexibility index (Phi) is 4.51. The highest BCUT2D eigenvalue weighted by Gasteiger charge is 2.24. The molecule has 24 heavy (non-hydrogen) atoms. The number of carboxylic acid groups (broad SMARTS) is 1. The topological polar surface area (TPSA) is 68.5 Å². The largest absolute Gasteiger partial charge is 0.478 e. The molecule has 128 valence electrons. The van der Waals surface area contributed by atoms with Crippen molar-refractivity contribution in [3.05, 3.63) is 46.9 Å². The van der Waals surface area contributed by atoms with E-state index in [9.17, 15) is 19.1 Å². The molecule has 0 spiro atoms. The van der Waals surface area contributed by atoms with Crippen molar-refractivity contribution >= 4 is 11.9 Å². The maximum absolute atomic E-state index is 13.8. The lowest BCUT2D eigenvalue weighted by Gasteiger charge is -2.20. The molecule has 2 aromatic rings. The van der Waals surface area contributed by atoms with Gasteiger partial charge in [-0.2, -0.15) is 0 Å². The van der Waals surface area contributed by atoms with Crippen molar-refractivity contribution < 1.29 is 23.8 Å². The van der Waals surface area contributed by atoms with E-state index >= 15 is 0 Å². The van der Waals surface area contributed by atoms with Gasteiger partial charge in [0, 0.05) is 24.0 Å². The standard InChI is InChI=1S/C18H20FNO4/c1-10-13(16(21)22)9-15(20(10)5)14-8-11(19)6-7-12(14)17(23)24-18(2,3)4/h6-9H,1-5H3,(H,21,22). The molecule has 0 radical (unpaired) electrons. The third kappa shape index (κ3) is 3.48. The molecule has 2 rings (SSSR count). The van der Waals surface area contributed by atoms with E-state index in [4.69, 9.17) is 4.74 Å². The van der Waals surface area contributed by atoms with Gasteiger partial charge in [0.25, 0.3) is 0 Å². The number of aromatic carboxylic acids is 1. The molecule has 0 unspecified atom stereocenters. The second-order valence-electron chi connectivity index (χ2n) is 6.58. The summed E-state index contributed by atoms with van der Waals surface area (Å²) in [6, 6.07) is 5.16. The molecule has 0 bridgehead atoms. The Labute approximate surface area is 139 Å². The van der Waals surface area contributed by atoms with Crippen LogP contribution in [0.2, 0.25) is 0 Å². The van der Waals surface area contributed by atoms with Crippen LogP contribution in [0.3, 0.4) is 0 Å². The minimum absolute atomic E-state index is 0.104. The highest BCUT2D eigenvalue weighted by Crippen LogP contribution is 2.30. The van der Waals surface area contributed by atoms with Crippen LogP contribution in [-0.2, 0) is 11.8 Å². The van der Waals surface area contributed by atoms with Crippen LogP contribution in [0, 0.1) is 12.7 Å². The number of halogens is 1. The predicted molar refractivity (Wildman–Crippen MR) is 87.7 cm³/mol. The number of nitrogens with zero attached hydrogens (tertiary/aromatic N) is 1. The summed E-state index contributed by atoms with van der Waals surface area (Å²) in [6.45, 7) is 6.87. The van der Waals surface area contributed by atoms with Gasteiger partial charge in [0.05, 0.1) is 11.1 Å². The van der Waals surface area contributed by atoms with E-state index in [0.717, 1.165) is 0 Å². The summed E-state index contributed by atoms with van der Waals surface area (Å²) >= 11 is 0. The third-order valence-electron chi connectivity index (χ3n) is 3.64. The molecule has 0 fully saturated rings. The van der Waals surface area contributed by atoms with Crippen LogP contribution in [0.15, 0.2) is 24.3 Å². The quantitative estimate of drug-likeness (QED) is 0.868. The Morgan fingerprint density at radius 3 is 2.29 bits per heavy atom. The zero-order chi connectivity index (χ0) is 18.2. The number of aromatic nitrogens is 1. The van der Waals surface area contributed by atoms with Crippen LogP contribution in [0.4, 0.5) is 4.39 Å². The minimum Gasteiger partial charge on any atom is -0.478 e. The van der Waals surface area contributed by atoms with Crippen molar-refractivity contribution in [2.75, 3.05) is 0 Å². The van der Waals surface area contributed by atoms with Gasteiger partial charge in [-0.1, -0.05) is 0 Å². The summed E-state index contributed by atoms with van der Waals surface area (Å²) in [6.07, 6.45) is 0. The van der Waals surface area contributed by atoms with Crippen LogP contribution in [-0.4, -0.2) is 27.2 Å². The average molecular weight is 333 g/mol. The van der Waals surface area contributed by atoms with Crippen LogP contribution in [0.5, 0.6) is 0 Å². The summed E-state index contributed by atoms with van der Waals surface area (Å²) in [5.74, 6) is -2.19. The number of rotatable bonds is 3. The van der Waals surface area contributed by atoms with Gasteiger partial charge in [0.15, 0.2) is 0 Å². The van der Waals surface area contributed by atoms with Gasteiger partial charge in [-0.05, 0) is 52.0 Å². The van der Waals surface area contributed by atoms with E-state index in [1.54, 1.807) is 39.3 Å². The second-order valence-corrected chi connectivity index (χ2v) is 6.58. The van der Waals surface area contributed by atoms with E-state index in [2.05, 4.69) is 0 Å². The van der Waals surface area contributed by atoms with Crippen molar-refractivity contribution in [1.82, 2.24) is 4.57 Å². The molecule has 1 aromatic heterocycles. The maximum atomic E-state index is 13.8. The number of carboxylic acids is 1. The normalized spacial score (nSPS) is 11.4. The minimum atomic E-state index is -1.08. The first kappa shape index (κ1) is 17.7. The number of hydrogen-bond donors (Lipinski definition) is 1. The summed E-state index contributed by atoms with van der Waals surface area (Å²) in [4.78, 5) is 23.7. The van der Waals surface area contributed by atoms with Gasteiger partial charge >= 0.3 is 11.9 Å². The number of carbonyl (C=O) groups excluding carboxylic acids is 1. The van der Waals surface area contributed by atoms with Crippen LogP contribution >= 0.6 is 0 Å². The maximum Gasteiger partial charge on any atom is 0.339 e. The van der Waals surface area contributed by atoms with Gasteiger partial charge in [0.2, 0.25) is 0 Å². The lowest BCUT2D eigenvalue weighted by atomic mass is 10.0. The summed E-state index contributed by atoms with van der Waals surface area (Å²) < 4.78 is 20.7. The molecule has 1 heterocycles. The van der Waals surface area contributed by atoms with Gasteiger partial charge in [-0.3, -0.25) is 0 Å². The van der Waals surface area contributed by atoms with E-state index in [1.165, 1.54) is 24.3 Å². The first-order valence-corrected chi connectivity index (χ1v) is 7.44. The second kappa shape index (κ2) is 6.11. The van der Waals surface area contributed by atoms with Crippen molar-refractivity contribution in [2.24, 2.45) is 7.05 Å². The molecule has 0 atom stereocenters. The lowest BCUT2D eigenvalue weighted by molar-refractivity contribution is 0.00702. The van der Waals surface area contributed by atoms with Gasteiger partial charge in [-0.15, -0.1) is 0 Å². The van der Waals surface area contributed by atoms with Crippen molar-refractivity contribution in [3.63, 3.8) is 0 Å². The van der Waals surface area contributed by atoms with Crippen LogP contribution < -0.4 is 0 Å². The molecule has 0 saturated carbocycles. The van der Waals surface area contributed by atoms with Crippen molar-refractivity contribution in [2.45, 2.75) is 33.3 Å². The molecule has 5 nitrogen and oxygen atoms in total. The first-order chi connectivity index (χ1) is 11.0. The lowest BCUT2D eigenvalue weighted by Crippen LogP contribution is -2.24. The first-order valence-electron chi connectivity index (χ1n) is 7.44. The number of esters is 1. The molecule has 0 amide bonds. The van der Waals surface area contributed by atoms with Crippen molar-refractivity contribution in [1.29, 1.82) is 0 Å². The molecular weight excluding hydrogens is 313 g/mol. The molecule has 0 aliphatic carbocycles. The van der Waals surface area contributed by atoms with E-state index < -0.39 is 23.4 Å². The monoisotopic (exact) mass is 333 g/mol. The Balaban J connectivity index is 2.63. The molecule has 0 aliphatic heterocycles. The van der Waals surface area contributed by atoms with E-state index in [-0.39, 0.29) is 11.1 Å². The molecule has 0 aliphatic rings. The van der Waals surface area contributed by atoms with Crippen LogP contribution in [0.1, 0.15) is 47.2 Å². The fraction of sp³-hybridized carbons (Fsp3) is 0.333. The summed E-state index contributed by atoms with van der Waals surface area (Å²) in [7, 11) is 1.67. The van der Waals surface area contributed by atoms with Crippen molar-refractivity contribution in [3.8, 4) is 11.3 Å². The summed E-state index contributed by atoms with van der Waals surface area (Å²) in [5, 5.41) is 9.26. The molecular formula is C18H20FNO4. The van der Waals surface area contributed by atoms with E-state index in [0.29, 0.717) is 17.0 Å². The van der Waals surface area contributed by atoms with Gasteiger partial charge in [0.1, 0.15) is 11.4 Å². The Hall–Kier alpha value is -2.63. The summed E-state index contributed by atoms with van der Waals surface area (Å²) in [5.41, 5.74) is 0.833. The molecule has 1 aromatic carbocycles. The fourth-order valence-corrected chi connectivity index (χ4v) is 2.41. The predicted octanol–water partition coefficient (Wildman–Crippen LogP) is 3.79. The highest BCUT2D eigenvalue weighted by atomic mass is 19.1. The van der Waals surface area contributed by atoms with E-state index in [1.807, 2.05) is 0 Å².